The van der Waals surface area contributed by atoms with Gasteiger partial charge in [-0.15, -0.1) is 0 Å². The Balaban J connectivity index is 1.44. The lowest BCUT2D eigenvalue weighted by Crippen LogP contribution is -2.70. The first kappa shape index (κ1) is 25.9. The minimum absolute atomic E-state index is 0.0170. The molecule has 4 aliphatic carbocycles. The molecule has 1 aromatic carbocycles. The van der Waals surface area contributed by atoms with E-state index >= 15 is 8.78 Å². The van der Waals surface area contributed by atoms with Crippen molar-refractivity contribution in [3.8, 4) is 0 Å². The lowest BCUT2D eigenvalue weighted by molar-refractivity contribution is -0.235. The number of fused-ring (bicyclic) bond motifs is 7. The van der Waals surface area contributed by atoms with Crippen molar-refractivity contribution < 1.29 is 46.8 Å². The van der Waals surface area contributed by atoms with Crippen molar-refractivity contribution in [3.63, 3.8) is 0 Å². The summed E-state index contributed by atoms with van der Waals surface area (Å²) in [6.07, 6.45) is -2.57. The van der Waals surface area contributed by atoms with Gasteiger partial charge < -0.3 is 19.7 Å². The Morgan fingerprint density at radius 1 is 1.16 bits per heavy atom. The minimum Gasteiger partial charge on any atom is -0.390 e. The van der Waals surface area contributed by atoms with Gasteiger partial charge in [-0.3, -0.25) is 9.59 Å². The van der Waals surface area contributed by atoms with Crippen LogP contribution in [0.25, 0.3) is 0 Å². The highest BCUT2D eigenvalue weighted by Crippen LogP contribution is 2.72. The molecule has 4 fully saturated rings. The lowest BCUT2D eigenvalue weighted by atomic mass is 9.44. The zero-order valence-corrected chi connectivity index (χ0v) is 20.8. The van der Waals surface area contributed by atoms with Crippen molar-refractivity contribution in [2.75, 3.05) is 6.61 Å². The molecule has 38 heavy (non-hydrogen) atoms. The van der Waals surface area contributed by atoms with Crippen LogP contribution in [0.5, 0.6) is 0 Å². The summed E-state index contributed by atoms with van der Waals surface area (Å²) < 4.78 is 72.7. The second-order valence-corrected chi connectivity index (χ2v) is 11.7. The van der Waals surface area contributed by atoms with Crippen LogP contribution >= 0.6 is 0 Å². The number of aliphatic hydroxyl groups is 2. The number of halogens is 4. The van der Waals surface area contributed by atoms with Gasteiger partial charge in [0, 0.05) is 22.3 Å². The van der Waals surface area contributed by atoms with Gasteiger partial charge in [-0.25, -0.2) is 17.6 Å². The van der Waals surface area contributed by atoms with Gasteiger partial charge in [-0.2, -0.15) is 0 Å². The van der Waals surface area contributed by atoms with Crippen LogP contribution in [0.1, 0.15) is 45.0 Å². The van der Waals surface area contributed by atoms with Gasteiger partial charge in [0.05, 0.1) is 12.2 Å². The summed E-state index contributed by atoms with van der Waals surface area (Å²) >= 11 is 0. The summed E-state index contributed by atoms with van der Waals surface area (Å²) in [4.78, 5) is 25.4. The number of aliphatic hydroxyl groups excluding tert-OH is 2. The molecule has 0 bridgehead atoms. The van der Waals surface area contributed by atoms with E-state index < -0.39 is 88.4 Å². The first-order chi connectivity index (χ1) is 17.8. The second-order valence-electron chi connectivity index (χ2n) is 11.7. The Bertz CT molecular complexity index is 1300. The van der Waals surface area contributed by atoms with E-state index in [1.165, 1.54) is 25.1 Å². The van der Waals surface area contributed by atoms with Crippen molar-refractivity contribution >= 4 is 11.6 Å². The third kappa shape index (κ3) is 2.92. The molecular formula is C28H28F4O6. The minimum atomic E-state index is -2.36. The maximum absolute atomic E-state index is 17.3. The number of carbonyl (C=O) groups excluding carboxylic acids is 2. The van der Waals surface area contributed by atoms with Crippen LogP contribution in [0.4, 0.5) is 17.6 Å². The summed E-state index contributed by atoms with van der Waals surface area (Å²) in [5.41, 5.74) is -6.99. The Hall–Kier alpha value is -2.40. The van der Waals surface area contributed by atoms with Crippen LogP contribution in [0.3, 0.4) is 0 Å². The summed E-state index contributed by atoms with van der Waals surface area (Å²) in [6.45, 7) is 2.19. The molecule has 1 heterocycles. The Labute approximate surface area is 216 Å². The smallest absolute Gasteiger partial charge is 0.193 e. The highest BCUT2D eigenvalue weighted by atomic mass is 19.2. The van der Waals surface area contributed by atoms with Crippen LogP contribution in [-0.2, 0) is 19.1 Å². The first-order valence-corrected chi connectivity index (χ1v) is 12.7. The molecule has 2 N–H and O–H groups in total. The largest absolute Gasteiger partial charge is 0.390 e. The van der Waals surface area contributed by atoms with E-state index in [2.05, 4.69) is 0 Å². The van der Waals surface area contributed by atoms with Crippen LogP contribution in [0.2, 0.25) is 0 Å². The zero-order chi connectivity index (χ0) is 27.4. The van der Waals surface area contributed by atoms with Gasteiger partial charge >= 0.3 is 0 Å². The number of allylic oxidation sites excluding steroid dienone is 4. The fourth-order valence-corrected chi connectivity index (χ4v) is 8.37. The number of hydrogen-bond acceptors (Lipinski definition) is 6. The number of Topliss-reactive ketones (excluding diaryl/α,β-unsaturated/α-hetero) is 1. The summed E-state index contributed by atoms with van der Waals surface area (Å²) in [5.74, 6) is -5.20. The molecule has 0 radical (unpaired) electrons. The van der Waals surface area contributed by atoms with E-state index in [4.69, 9.17) is 9.47 Å². The number of alkyl halides is 2. The average molecular weight is 537 g/mol. The molecule has 6 nitrogen and oxygen atoms in total. The maximum atomic E-state index is 17.3. The molecule has 6 rings (SSSR count). The first-order valence-electron chi connectivity index (χ1n) is 12.7. The van der Waals surface area contributed by atoms with Crippen LogP contribution in [0.15, 0.2) is 42.0 Å². The third-order valence-electron chi connectivity index (χ3n) is 10.1. The van der Waals surface area contributed by atoms with Crippen LogP contribution < -0.4 is 0 Å². The van der Waals surface area contributed by atoms with Gasteiger partial charge in [-0.05, 0) is 62.0 Å². The van der Waals surface area contributed by atoms with E-state index in [0.29, 0.717) is 0 Å². The quantitative estimate of drug-likeness (QED) is 0.574. The molecule has 0 spiro atoms. The molecule has 0 unspecified atom stereocenters. The number of hydrogen-bond donors (Lipinski definition) is 2. The van der Waals surface area contributed by atoms with Gasteiger partial charge in [0.1, 0.15) is 12.8 Å². The summed E-state index contributed by atoms with van der Waals surface area (Å²) in [5, 5.41) is 21.4. The van der Waals surface area contributed by atoms with Crippen molar-refractivity contribution in [1.82, 2.24) is 0 Å². The van der Waals surface area contributed by atoms with Crippen molar-refractivity contribution in [2.45, 2.75) is 69.0 Å². The van der Waals surface area contributed by atoms with Crippen LogP contribution in [0, 0.1) is 34.3 Å². The predicted molar refractivity (Wildman–Crippen MR) is 124 cm³/mol. The number of benzene rings is 1. The molecule has 3 saturated carbocycles. The zero-order valence-electron chi connectivity index (χ0n) is 20.8. The predicted octanol–water partition coefficient (Wildman–Crippen LogP) is 3.61. The fourth-order valence-electron chi connectivity index (χ4n) is 8.37. The molecule has 10 atom stereocenters. The normalized spacial score (nSPS) is 47.2. The van der Waals surface area contributed by atoms with E-state index in [-0.39, 0.29) is 30.4 Å². The number of carbonyl (C=O) groups is 2. The highest BCUT2D eigenvalue weighted by molar-refractivity contribution is 6.01. The number of rotatable bonds is 3. The van der Waals surface area contributed by atoms with Gasteiger partial charge in [-0.1, -0.05) is 19.1 Å². The van der Waals surface area contributed by atoms with E-state index in [1.807, 2.05) is 0 Å². The maximum Gasteiger partial charge on any atom is 0.193 e. The van der Waals surface area contributed by atoms with Gasteiger partial charge in [0.2, 0.25) is 0 Å². The molecule has 0 aromatic heterocycles. The van der Waals surface area contributed by atoms with E-state index in [1.54, 1.807) is 6.92 Å². The molecular weight excluding hydrogens is 508 g/mol. The third-order valence-corrected chi connectivity index (χ3v) is 10.1. The lowest BCUT2D eigenvalue weighted by Gasteiger charge is -2.63. The van der Waals surface area contributed by atoms with Crippen LogP contribution in [-0.4, -0.2) is 58.0 Å². The van der Waals surface area contributed by atoms with Crippen molar-refractivity contribution in [3.05, 3.63) is 59.2 Å². The standard InChI is InChI=1S/C28H28F4O6/c1-25-6-5-14(34)8-17(25)19(30)9-16-15-10-23-28(22(36)12-33,26(15,2)11-21(35)27(16,25)32)38-24(37-23)13-3-4-18(29)20(31)7-13/h3-8,15-16,19,21,23-24,33,35H,9-12H2,1-2H3/t15-,16-,19-,21-,23+,24+,25-,26-,27-,28+/m0/s1. The summed E-state index contributed by atoms with van der Waals surface area (Å²) in [7, 11) is 0. The Morgan fingerprint density at radius 2 is 1.89 bits per heavy atom. The Kier molecular flexibility index (Phi) is 5.49. The number of ketones is 2. The summed E-state index contributed by atoms with van der Waals surface area (Å²) in [6, 6.07) is 3.04. The van der Waals surface area contributed by atoms with Gasteiger partial charge in [0.25, 0.3) is 0 Å². The average Bonchev–Trinajstić information content (AvgIpc) is 3.37. The molecule has 204 valence electrons. The fraction of sp³-hybridized carbons (Fsp3) is 0.571. The van der Waals surface area contributed by atoms with Gasteiger partial charge in [0.15, 0.2) is 40.8 Å². The Morgan fingerprint density at radius 3 is 2.58 bits per heavy atom. The molecule has 0 amide bonds. The highest BCUT2D eigenvalue weighted by Gasteiger charge is 2.80. The van der Waals surface area contributed by atoms with Crippen molar-refractivity contribution in [2.24, 2.45) is 22.7 Å². The monoisotopic (exact) mass is 536 g/mol. The molecule has 1 aromatic rings. The second kappa shape index (κ2) is 8.06. The van der Waals surface area contributed by atoms with E-state index in [0.717, 1.165) is 18.2 Å². The molecule has 5 aliphatic rings. The SMILES string of the molecule is C[C@]12C=CC(=O)C=C1[C@@H](F)C[C@H]1[C@@H]3C[C@H]4O[C@@H](c5ccc(F)c(F)c5)O[C@@]4(C(=O)CO)[C@@]3(C)C[C@H](O)[C@@]12F. The molecule has 1 aliphatic heterocycles. The molecule has 1 saturated heterocycles. The number of ether oxygens (including phenoxy) is 2. The molecule has 10 heteroatoms. The van der Waals surface area contributed by atoms with Crippen molar-refractivity contribution in [1.29, 1.82) is 0 Å². The topological polar surface area (TPSA) is 93.1 Å². The van der Waals surface area contributed by atoms with E-state index in [9.17, 15) is 28.6 Å².